The predicted octanol–water partition coefficient (Wildman–Crippen LogP) is 9.83. The second kappa shape index (κ2) is 9.10. The molecule has 0 unspecified atom stereocenters. The maximum atomic E-state index is 2.38. The zero-order chi connectivity index (χ0) is 26.6. The zero-order valence-corrected chi connectivity index (χ0v) is 22.6. The van der Waals surface area contributed by atoms with E-state index in [2.05, 4.69) is 145 Å². The van der Waals surface area contributed by atoms with Gasteiger partial charge in [0, 0.05) is 28.9 Å². The fourth-order valence-corrected chi connectivity index (χ4v) is 6.52. The van der Waals surface area contributed by atoms with E-state index in [1.165, 1.54) is 77.4 Å². The third-order valence-electron chi connectivity index (χ3n) is 8.68. The van der Waals surface area contributed by atoms with Crippen LogP contribution in [0.2, 0.25) is 0 Å². The molecule has 7 aromatic rings. The van der Waals surface area contributed by atoms with Crippen LogP contribution in [0.25, 0.3) is 55.2 Å². The van der Waals surface area contributed by atoms with Gasteiger partial charge in [0.25, 0.3) is 0 Å². The van der Waals surface area contributed by atoms with Crippen molar-refractivity contribution in [2.75, 3.05) is 0 Å². The van der Waals surface area contributed by atoms with Gasteiger partial charge in [0.1, 0.15) is 0 Å². The van der Waals surface area contributed by atoms with E-state index >= 15 is 0 Å². The van der Waals surface area contributed by atoms with Gasteiger partial charge in [-0.25, -0.2) is 0 Å². The maximum absolute atomic E-state index is 2.38. The minimum atomic E-state index is 0.961. The van der Waals surface area contributed by atoms with E-state index in [1.54, 1.807) is 0 Å². The number of aromatic nitrogens is 1. The first-order chi connectivity index (χ1) is 19.7. The van der Waals surface area contributed by atoms with Crippen LogP contribution in [-0.2, 0) is 19.9 Å². The second-order valence-corrected chi connectivity index (χ2v) is 11.1. The SMILES string of the molecule is Cn1c2ccc(-c3ccc4c(c3)-c3ccccc3C4)cc2c2ccc(-c3ccc(Cc4ccccc4)cc3)cc21. The third kappa shape index (κ3) is 3.78. The molecule has 0 aliphatic heterocycles. The van der Waals surface area contributed by atoms with Gasteiger partial charge in [-0.15, -0.1) is 0 Å². The zero-order valence-electron chi connectivity index (χ0n) is 22.6. The summed E-state index contributed by atoms with van der Waals surface area (Å²) < 4.78 is 2.33. The molecule has 6 aromatic carbocycles. The Kier molecular flexibility index (Phi) is 5.24. The molecule has 1 heterocycles. The van der Waals surface area contributed by atoms with Gasteiger partial charge in [0.15, 0.2) is 0 Å². The van der Waals surface area contributed by atoms with E-state index in [9.17, 15) is 0 Å². The molecule has 0 amide bonds. The fourth-order valence-electron chi connectivity index (χ4n) is 6.52. The Labute approximate surface area is 235 Å². The lowest BCUT2D eigenvalue weighted by Gasteiger charge is -2.07. The molecule has 0 saturated heterocycles. The van der Waals surface area contributed by atoms with E-state index in [0.29, 0.717) is 0 Å². The summed E-state index contributed by atoms with van der Waals surface area (Å²) in [6.07, 6.45) is 1.99. The van der Waals surface area contributed by atoms with Gasteiger partial charge in [-0.1, -0.05) is 109 Å². The number of nitrogens with zero attached hydrogens (tertiary/aromatic N) is 1. The molecule has 0 N–H and O–H groups in total. The predicted molar refractivity (Wildman–Crippen MR) is 169 cm³/mol. The Hall–Kier alpha value is -4.88. The average molecular weight is 512 g/mol. The summed E-state index contributed by atoms with van der Waals surface area (Å²) in [5.41, 5.74) is 15.9. The van der Waals surface area contributed by atoms with E-state index in [1.807, 2.05) is 0 Å². The van der Waals surface area contributed by atoms with Crippen molar-refractivity contribution < 1.29 is 0 Å². The minimum Gasteiger partial charge on any atom is -0.344 e. The van der Waals surface area contributed by atoms with Crippen LogP contribution in [0, 0.1) is 0 Å². The van der Waals surface area contributed by atoms with E-state index in [0.717, 1.165) is 12.8 Å². The molecule has 1 aliphatic carbocycles. The standard InChI is InChI=1S/C39H29N/c1-40-38-20-18-30(29-15-16-33-22-32-9-5-6-10-34(32)36(33)23-29)24-37(38)35-19-17-31(25-39(35)40)28-13-11-27(12-14-28)21-26-7-3-2-4-8-26/h2-20,23-25H,21-22H2,1H3. The Morgan fingerprint density at radius 2 is 1.12 bits per heavy atom. The summed E-state index contributed by atoms with van der Waals surface area (Å²) in [4.78, 5) is 0. The Morgan fingerprint density at radius 3 is 2.00 bits per heavy atom. The molecule has 40 heavy (non-hydrogen) atoms. The molecule has 1 heteroatoms. The van der Waals surface area contributed by atoms with E-state index < -0.39 is 0 Å². The molecule has 1 nitrogen and oxygen atoms in total. The first-order valence-electron chi connectivity index (χ1n) is 14.1. The average Bonchev–Trinajstić information content (AvgIpc) is 3.52. The second-order valence-electron chi connectivity index (χ2n) is 11.1. The molecule has 1 aromatic heterocycles. The van der Waals surface area contributed by atoms with Crippen molar-refractivity contribution in [1.82, 2.24) is 4.57 Å². The largest absolute Gasteiger partial charge is 0.344 e. The number of rotatable bonds is 4. The summed E-state index contributed by atoms with van der Waals surface area (Å²) in [5.74, 6) is 0. The first kappa shape index (κ1) is 23.0. The number of hydrogen-bond acceptors (Lipinski definition) is 0. The van der Waals surface area contributed by atoms with Crippen LogP contribution in [-0.4, -0.2) is 4.57 Å². The molecule has 0 atom stereocenters. The van der Waals surface area contributed by atoms with Crippen LogP contribution in [0.1, 0.15) is 22.3 Å². The van der Waals surface area contributed by atoms with Gasteiger partial charge >= 0.3 is 0 Å². The number of fused-ring (bicyclic) bond motifs is 6. The topological polar surface area (TPSA) is 4.93 Å². The molecule has 190 valence electrons. The lowest BCUT2D eigenvalue weighted by molar-refractivity contribution is 1.01. The van der Waals surface area contributed by atoms with Crippen LogP contribution in [0.15, 0.2) is 133 Å². The molecule has 0 radical (unpaired) electrons. The van der Waals surface area contributed by atoms with Crippen molar-refractivity contribution in [3.05, 3.63) is 156 Å². The molecule has 8 rings (SSSR count). The van der Waals surface area contributed by atoms with Gasteiger partial charge in [-0.2, -0.15) is 0 Å². The van der Waals surface area contributed by atoms with Crippen LogP contribution >= 0.6 is 0 Å². The Morgan fingerprint density at radius 1 is 0.475 bits per heavy atom. The molecule has 0 bridgehead atoms. The van der Waals surface area contributed by atoms with Crippen molar-refractivity contribution in [2.24, 2.45) is 7.05 Å². The third-order valence-corrected chi connectivity index (χ3v) is 8.68. The molecule has 0 saturated carbocycles. The van der Waals surface area contributed by atoms with E-state index in [-0.39, 0.29) is 0 Å². The van der Waals surface area contributed by atoms with Crippen LogP contribution < -0.4 is 0 Å². The van der Waals surface area contributed by atoms with Gasteiger partial charge in [-0.3, -0.25) is 0 Å². The van der Waals surface area contributed by atoms with Crippen molar-refractivity contribution in [1.29, 1.82) is 0 Å². The lowest BCUT2D eigenvalue weighted by atomic mass is 9.97. The highest BCUT2D eigenvalue weighted by molar-refractivity contribution is 6.10. The van der Waals surface area contributed by atoms with Crippen molar-refractivity contribution in [3.8, 4) is 33.4 Å². The monoisotopic (exact) mass is 511 g/mol. The van der Waals surface area contributed by atoms with Crippen LogP contribution in [0.3, 0.4) is 0 Å². The first-order valence-corrected chi connectivity index (χ1v) is 14.1. The number of aryl methyl sites for hydroxylation is 1. The highest BCUT2D eigenvalue weighted by atomic mass is 14.9. The van der Waals surface area contributed by atoms with Gasteiger partial charge in [0.2, 0.25) is 0 Å². The van der Waals surface area contributed by atoms with Gasteiger partial charge in [-0.05, 0) is 92.7 Å². The highest BCUT2D eigenvalue weighted by Gasteiger charge is 2.19. The molecular formula is C39H29N. The number of benzene rings is 6. The summed E-state index contributed by atoms with van der Waals surface area (Å²) >= 11 is 0. The van der Waals surface area contributed by atoms with Crippen LogP contribution in [0.5, 0.6) is 0 Å². The maximum Gasteiger partial charge on any atom is 0.0494 e. The summed E-state index contributed by atoms with van der Waals surface area (Å²) in [7, 11) is 2.18. The quantitative estimate of drug-likeness (QED) is 0.222. The molecule has 0 fully saturated rings. The van der Waals surface area contributed by atoms with E-state index in [4.69, 9.17) is 0 Å². The Bertz CT molecular complexity index is 2040. The molecular weight excluding hydrogens is 482 g/mol. The summed E-state index contributed by atoms with van der Waals surface area (Å²) in [6, 6.07) is 49.3. The highest BCUT2D eigenvalue weighted by Crippen LogP contribution is 2.40. The van der Waals surface area contributed by atoms with Gasteiger partial charge in [0.05, 0.1) is 0 Å². The Balaban J connectivity index is 1.15. The van der Waals surface area contributed by atoms with Crippen molar-refractivity contribution >= 4 is 21.8 Å². The fraction of sp³-hybridized carbons (Fsp3) is 0.0769. The van der Waals surface area contributed by atoms with Crippen molar-refractivity contribution in [3.63, 3.8) is 0 Å². The van der Waals surface area contributed by atoms with Crippen molar-refractivity contribution in [2.45, 2.75) is 12.8 Å². The summed E-state index contributed by atoms with van der Waals surface area (Å²) in [5, 5.41) is 2.61. The summed E-state index contributed by atoms with van der Waals surface area (Å²) in [6.45, 7) is 0. The number of hydrogen-bond donors (Lipinski definition) is 0. The molecule has 1 aliphatic rings. The van der Waals surface area contributed by atoms with Crippen LogP contribution in [0.4, 0.5) is 0 Å². The van der Waals surface area contributed by atoms with Gasteiger partial charge < -0.3 is 4.57 Å². The lowest BCUT2D eigenvalue weighted by Crippen LogP contribution is -1.89. The normalized spacial score (nSPS) is 12.1. The minimum absolute atomic E-state index is 0.961. The molecule has 0 spiro atoms. The smallest absolute Gasteiger partial charge is 0.0494 e.